The number of hydrogen-bond donors (Lipinski definition) is 1. The fourth-order valence-electron chi connectivity index (χ4n) is 2.80. The minimum absolute atomic E-state index is 0.263. The van der Waals surface area contributed by atoms with Crippen molar-refractivity contribution in [1.82, 2.24) is 14.1 Å². The van der Waals surface area contributed by atoms with Crippen molar-refractivity contribution < 1.29 is 14.7 Å². The van der Waals surface area contributed by atoms with Crippen LogP contribution in [0.3, 0.4) is 0 Å². The van der Waals surface area contributed by atoms with Crippen molar-refractivity contribution in [3.63, 3.8) is 0 Å². The van der Waals surface area contributed by atoms with Crippen LogP contribution >= 0.6 is 0 Å². The highest BCUT2D eigenvalue weighted by Gasteiger charge is 2.13. The number of hydrogen-bond acceptors (Lipinski definition) is 5. The van der Waals surface area contributed by atoms with E-state index in [1.165, 1.54) is 6.21 Å². The van der Waals surface area contributed by atoms with Gasteiger partial charge in [0.05, 0.1) is 12.8 Å². The Hall–Kier alpha value is -3.09. The van der Waals surface area contributed by atoms with Gasteiger partial charge in [0.25, 0.3) is 0 Å². The van der Waals surface area contributed by atoms with Gasteiger partial charge in [0.15, 0.2) is 5.69 Å². The summed E-state index contributed by atoms with van der Waals surface area (Å²) in [5.74, 6) is -0.443. The Kier molecular flexibility index (Phi) is 4.56. The molecule has 2 heterocycles. The third-order valence-electron chi connectivity index (χ3n) is 3.97. The van der Waals surface area contributed by atoms with Gasteiger partial charge < -0.3 is 19.1 Å². The maximum absolute atomic E-state index is 11.8. The molecule has 7 nitrogen and oxygen atoms in total. The lowest BCUT2D eigenvalue weighted by atomic mass is 10.1. The van der Waals surface area contributed by atoms with Crippen molar-refractivity contribution in [2.24, 2.45) is 5.16 Å². The molecular weight excluding hydrogens is 320 g/mol. The Balaban J connectivity index is 2.06. The van der Waals surface area contributed by atoms with E-state index in [1.807, 2.05) is 24.4 Å². The molecule has 0 fully saturated rings. The van der Waals surface area contributed by atoms with Crippen LogP contribution in [-0.4, -0.2) is 38.1 Å². The highest BCUT2D eigenvalue weighted by Crippen LogP contribution is 2.26. The average Bonchev–Trinajstić information content (AvgIpc) is 3.20. The molecule has 1 N–H and O–H groups in total. The monoisotopic (exact) mass is 340 g/mol. The Bertz CT molecular complexity index is 937. The molecule has 2 aromatic heterocycles. The van der Waals surface area contributed by atoms with Gasteiger partial charge in [0.2, 0.25) is 0 Å². The van der Waals surface area contributed by atoms with Crippen molar-refractivity contribution in [1.29, 1.82) is 0 Å². The van der Waals surface area contributed by atoms with E-state index in [9.17, 15) is 4.79 Å². The molecule has 0 unspecified atom stereocenters. The summed E-state index contributed by atoms with van der Waals surface area (Å²) in [4.78, 5) is 15.9. The third kappa shape index (κ3) is 3.13. The topological polar surface area (TPSA) is 81.6 Å². The van der Waals surface area contributed by atoms with E-state index >= 15 is 0 Å². The number of oxime groups is 1. The molecule has 0 bridgehead atoms. The van der Waals surface area contributed by atoms with Gasteiger partial charge in [-0.05, 0) is 39.0 Å². The molecule has 1 aromatic carbocycles. The van der Waals surface area contributed by atoms with Gasteiger partial charge >= 0.3 is 5.97 Å². The standard InChI is InChI=1S/C18H20N4O3/c1-4-25-18(23)16-10-21(11-19-16)14-5-6-17-15(7-14)13(8-20-24)9-22(17)12(2)3/h5-12,24H,4H2,1-3H3/b20-8+. The van der Waals surface area contributed by atoms with Gasteiger partial charge in [-0.25, -0.2) is 9.78 Å². The maximum atomic E-state index is 11.8. The second-order valence-electron chi connectivity index (χ2n) is 5.92. The van der Waals surface area contributed by atoms with E-state index in [1.54, 1.807) is 24.0 Å². The molecule has 7 heteroatoms. The molecule has 3 aromatic rings. The zero-order valence-corrected chi connectivity index (χ0v) is 14.4. The zero-order chi connectivity index (χ0) is 18.0. The lowest BCUT2D eigenvalue weighted by molar-refractivity contribution is 0.0520. The van der Waals surface area contributed by atoms with Crippen molar-refractivity contribution in [2.45, 2.75) is 26.8 Å². The number of rotatable bonds is 5. The van der Waals surface area contributed by atoms with E-state index < -0.39 is 5.97 Å². The van der Waals surface area contributed by atoms with Gasteiger partial charge in [-0.3, -0.25) is 0 Å². The number of carbonyl (C=O) groups is 1. The average molecular weight is 340 g/mol. The van der Waals surface area contributed by atoms with E-state index in [4.69, 9.17) is 9.94 Å². The smallest absolute Gasteiger partial charge is 0.358 e. The van der Waals surface area contributed by atoms with Crippen LogP contribution in [0.15, 0.2) is 42.1 Å². The second-order valence-corrected chi connectivity index (χ2v) is 5.92. The van der Waals surface area contributed by atoms with Gasteiger partial charge in [-0.1, -0.05) is 5.16 Å². The Morgan fingerprint density at radius 3 is 2.88 bits per heavy atom. The summed E-state index contributed by atoms with van der Waals surface area (Å²) < 4.78 is 8.85. The quantitative estimate of drug-likeness (QED) is 0.334. The number of benzene rings is 1. The summed E-state index contributed by atoms with van der Waals surface area (Å²) >= 11 is 0. The largest absolute Gasteiger partial charge is 0.461 e. The van der Waals surface area contributed by atoms with Crippen molar-refractivity contribution in [3.8, 4) is 5.69 Å². The highest BCUT2D eigenvalue weighted by molar-refractivity contribution is 6.00. The van der Waals surface area contributed by atoms with Gasteiger partial charge in [-0.2, -0.15) is 0 Å². The lowest BCUT2D eigenvalue weighted by Crippen LogP contribution is -2.04. The first kappa shape index (κ1) is 16.8. The van der Waals surface area contributed by atoms with Crippen LogP contribution < -0.4 is 0 Å². The summed E-state index contributed by atoms with van der Waals surface area (Å²) in [6.07, 6.45) is 6.59. The first-order valence-electron chi connectivity index (χ1n) is 8.08. The van der Waals surface area contributed by atoms with Gasteiger partial charge in [-0.15, -0.1) is 0 Å². The highest BCUT2D eigenvalue weighted by atomic mass is 16.5. The number of nitrogens with zero attached hydrogens (tertiary/aromatic N) is 4. The Labute approximate surface area is 145 Å². The third-order valence-corrected chi connectivity index (χ3v) is 3.97. The van der Waals surface area contributed by atoms with Crippen LogP contribution in [0.4, 0.5) is 0 Å². The van der Waals surface area contributed by atoms with Crippen LogP contribution in [0.1, 0.15) is 42.9 Å². The summed E-state index contributed by atoms with van der Waals surface area (Å²) in [5.41, 5.74) is 2.97. The molecule has 130 valence electrons. The normalized spacial score (nSPS) is 11.7. The lowest BCUT2D eigenvalue weighted by Gasteiger charge is -2.09. The minimum Gasteiger partial charge on any atom is -0.461 e. The first-order valence-corrected chi connectivity index (χ1v) is 8.08. The SMILES string of the molecule is CCOC(=O)c1cn(-c2ccc3c(c2)c(/C=N/O)cn3C(C)C)cn1. The molecule has 0 atom stereocenters. The molecule has 25 heavy (non-hydrogen) atoms. The molecule has 0 radical (unpaired) electrons. The van der Waals surface area contributed by atoms with Crippen molar-refractivity contribution >= 4 is 23.1 Å². The van der Waals surface area contributed by atoms with Crippen LogP contribution in [0.25, 0.3) is 16.6 Å². The minimum atomic E-state index is -0.443. The number of fused-ring (bicyclic) bond motifs is 1. The fraction of sp³-hybridized carbons (Fsp3) is 0.278. The molecule has 0 aliphatic heterocycles. The number of carbonyl (C=O) groups excluding carboxylic acids is 1. The number of imidazole rings is 1. The first-order chi connectivity index (χ1) is 12.0. The van der Waals surface area contributed by atoms with E-state index in [2.05, 4.69) is 28.6 Å². The van der Waals surface area contributed by atoms with Crippen LogP contribution in [0, 0.1) is 0 Å². The zero-order valence-electron chi connectivity index (χ0n) is 14.4. The Morgan fingerprint density at radius 1 is 1.40 bits per heavy atom. The molecule has 0 aliphatic carbocycles. The van der Waals surface area contributed by atoms with E-state index in [-0.39, 0.29) is 11.7 Å². The maximum Gasteiger partial charge on any atom is 0.358 e. The predicted molar refractivity (Wildman–Crippen MR) is 94.8 cm³/mol. The summed E-state index contributed by atoms with van der Waals surface area (Å²) in [5, 5.41) is 13.0. The van der Waals surface area contributed by atoms with Crippen molar-refractivity contribution in [2.75, 3.05) is 6.61 Å². The molecule has 0 aliphatic rings. The molecule has 0 saturated carbocycles. The molecule has 0 amide bonds. The van der Waals surface area contributed by atoms with Gasteiger partial charge in [0, 0.05) is 40.6 Å². The van der Waals surface area contributed by atoms with Crippen LogP contribution in [-0.2, 0) is 4.74 Å². The summed E-state index contributed by atoms with van der Waals surface area (Å²) in [7, 11) is 0. The molecule has 0 spiro atoms. The van der Waals surface area contributed by atoms with E-state index in [0.717, 1.165) is 22.2 Å². The molecular formula is C18H20N4O3. The number of ether oxygens (including phenoxy) is 1. The van der Waals surface area contributed by atoms with Crippen molar-refractivity contribution in [3.05, 3.63) is 48.2 Å². The second kappa shape index (κ2) is 6.80. The summed E-state index contributed by atoms with van der Waals surface area (Å²) in [6.45, 7) is 6.25. The van der Waals surface area contributed by atoms with E-state index in [0.29, 0.717) is 6.61 Å². The summed E-state index contributed by atoms with van der Waals surface area (Å²) in [6, 6.07) is 6.21. The molecule has 0 saturated heterocycles. The van der Waals surface area contributed by atoms with Crippen LogP contribution in [0.2, 0.25) is 0 Å². The number of aromatic nitrogens is 3. The predicted octanol–water partition coefficient (Wildman–Crippen LogP) is 3.39. The number of esters is 1. The van der Waals surface area contributed by atoms with Crippen LogP contribution in [0.5, 0.6) is 0 Å². The molecule has 3 rings (SSSR count). The fourth-order valence-corrected chi connectivity index (χ4v) is 2.80. The Morgan fingerprint density at radius 2 is 2.20 bits per heavy atom. The van der Waals surface area contributed by atoms with Gasteiger partial charge in [0.1, 0.15) is 6.33 Å².